The van der Waals surface area contributed by atoms with E-state index in [0.717, 1.165) is 12.1 Å². The molecule has 0 amide bonds. The van der Waals surface area contributed by atoms with Gasteiger partial charge in [0.05, 0.1) is 5.56 Å². The molecule has 0 fully saturated rings. The summed E-state index contributed by atoms with van der Waals surface area (Å²) in [5.41, 5.74) is 0.422. The fourth-order valence-electron chi connectivity index (χ4n) is 1.78. The van der Waals surface area contributed by atoms with E-state index in [4.69, 9.17) is 0 Å². The molecule has 0 saturated heterocycles. The number of rotatable bonds is 4. The quantitative estimate of drug-likeness (QED) is 0.626. The first-order valence-electron chi connectivity index (χ1n) is 5.97. The highest BCUT2D eigenvalue weighted by atomic mass is 19.4. The second kappa shape index (κ2) is 5.95. The van der Waals surface area contributed by atoms with Crippen LogP contribution in [0, 0.1) is 5.82 Å². The van der Waals surface area contributed by atoms with Gasteiger partial charge in [0.25, 0.3) is 0 Å². The molecule has 0 aromatic heterocycles. The second-order valence-corrected chi connectivity index (χ2v) is 4.27. The predicted molar refractivity (Wildman–Crippen MR) is 67.6 cm³/mol. The molecule has 0 aliphatic carbocycles. The molecular weight excluding hydrogens is 288 g/mol. The van der Waals surface area contributed by atoms with Crippen LogP contribution in [0.15, 0.2) is 48.5 Å². The Labute approximate surface area is 118 Å². The molecule has 110 valence electrons. The zero-order valence-electron chi connectivity index (χ0n) is 10.7. The lowest BCUT2D eigenvalue weighted by atomic mass is 10.0. The highest BCUT2D eigenvalue weighted by Crippen LogP contribution is 2.23. The van der Waals surface area contributed by atoms with Crippen LogP contribution in [0.4, 0.5) is 17.6 Å². The lowest BCUT2D eigenvalue weighted by molar-refractivity contribution is -0.274. The van der Waals surface area contributed by atoms with Gasteiger partial charge in [-0.15, -0.1) is 13.2 Å². The Kier molecular flexibility index (Phi) is 4.26. The van der Waals surface area contributed by atoms with Crippen molar-refractivity contribution >= 4 is 5.78 Å². The Bertz CT molecular complexity index is 633. The molecule has 2 aromatic carbocycles. The van der Waals surface area contributed by atoms with E-state index in [0.29, 0.717) is 5.56 Å². The summed E-state index contributed by atoms with van der Waals surface area (Å²) in [6.45, 7) is 0. The van der Waals surface area contributed by atoms with Crippen LogP contribution in [0.25, 0.3) is 0 Å². The highest BCUT2D eigenvalue weighted by molar-refractivity contribution is 5.97. The first-order valence-corrected chi connectivity index (χ1v) is 5.97. The van der Waals surface area contributed by atoms with Gasteiger partial charge in [-0.3, -0.25) is 4.79 Å². The summed E-state index contributed by atoms with van der Waals surface area (Å²) in [7, 11) is 0. The molecule has 0 N–H and O–H groups in total. The smallest absolute Gasteiger partial charge is 0.406 e. The van der Waals surface area contributed by atoms with Crippen molar-refractivity contribution in [2.24, 2.45) is 0 Å². The summed E-state index contributed by atoms with van der Waals surface area (Å²) in [6, 6.07) is 10.4. The van der Waals surface area contributed by atoms with Crippen molar-refractivity contribution in [2.75, 3.05) is 0 Å². The third kappa shape index (κ3) is 4.30. The second-order valence-electron chi connectivity index (χ2n) is 4.27. The third-order valence-corrected chi connectivity index (χ3v) is 2.70. The standard InChI is InChI=1S/C15H10F4O2/c16-13-4-2-1-3-12(13)14(20)9-10-5-7-11(8-6-10)21-15(17,18)19/h1-8H,9H2. The van der Waals surface area contributed by atoms with Crippen LogP contribution in [0.3, 0.4) is 0 Å². The van der Waals surface area contributed by atoms with Crippen molar-refractivity contribution in [3.05, 3.63) is 65.5 Å². The molecule has 0 unspecified atom stereocenters. The van der Waals surface area contributed by atoms with Gasteiger partial charge < -0.3 is 4.74 Å². The SMILES string of the molecule is O=C(Cc1ccc(OC(F)(F)F)cc1)c1ccccc1F. The molecule has 0 aliphatic heterocycles. The van der Waals surface area contributed by atoms with E-state index in [1.54, 1.807) is 0 Å². The molecule has 0 bridgehead atoms. The largest absolute Gasteiger partial charge is 0.573 e. The number of carbonyl (C=O) groups is 1. The molecular formula is C15H10F4O2. The molecule has 0 heterocycles. The Morgan fingerprint density at radius 1 is 1.00 bits per heavy atom. The average Bonchev–Trinajstić information content (AvgIpc) is 2.40. The molecule has 2 aromatic rings. The number of hydrogen-bond donors (Lipinski definition) is 0. The lowest BCUT2D eigenvalue weighted by Gasteiger charge is -2.09. The van der Waals surface area contributed by atoms with Crippen molar-refractivity contribution in [1.82, 2.24) is 0 Å². The van der Waals surface area contributed by atoms with Crippen LogP contribution in [0.5, 0.6) is 5.75 Å². The number of ketones is 1. The number of ether oxygens (including phenoxy) is 1. The molecule has 0 spiro atoms. The first-order chi connectivity index (χ1) is 9.85. The number of Topliss-reactive ketones (excluding diaryl/α,β-unsaturated/α-hetero) is 1. The maximum atomic E-state index is 13.4. The molecule has 6 heteroatoms. The van der Waals surface area contributed by atoms with Crippen molar-refractivity contribution in [1.29, 1.82) is 0 Å². The summed E-state index contributed by atoms with van der Waals surface area (Å²) in [6.07, 6.45) is -4.86. The Morgan fingerprint density at radius 2 is 1.62 bits per heavy atom. The number of halogens is 4. The van der Waals surface area contributed by atoms with Gasteiger partial charge in [-0.25, -0.2) is 4.39 Å². The minimum atomic E-state index is -4.76. The molecule has 0 aliphatic rings. The minimum Gasteiger partial charge on any atom is -0.406 e. The van der Waals surface area contributed by atoms with Crippen LogP contribution < -0.4 is 4.74 Å². The maximum absolute atomic E-state index is 13.4. The monoisotopic (exact) mass is 298 g/mol. The topological polar surface area (TPSA) is 26.3 Å². The summed E-state index contributed by atoms with van der Waals surface area (Å²) in [5, 5.41) is 0. The number of benzene rings is 2. The van der Waals surface area contributed by atoms with Crippen molar-refractivity contribution in [3.63, 3.8) is 0 Å². The van der Waals surface area contributed by atoms with Crippen LogP contribution in [-0.2, 0) is 6.42 Å². The first kappa shape index (κ1) is 15.0. The molecule has 0 radical (unpaired) electrons. The van der Waals surface area contributed by atoms with Crippen LogP contribution >= 0.6 is 0 Å². The molecule has 2 rings (SSSR count). The number of alkyl halides is 3. The normalized spacial score (nSPS) is 11.2. The van der Waals surface area contributed by atoms with E-state index in [9.17, 15) is 22.4 Å². The highest BCUT2D eigenvalue weighted by Gasteiger charge is 2.30. The van der Waals surface area contributed by atoms with Gasteiger partial charge in [-0.2, -0.15) is 0 Å². The van der Waals surface area contributed by atoms with Crippen molar-refractivity contribution < 1.29 is 27.1 Å². The molecule has 0 saturated carbocycles. The number of carbonyl (C=O) groups excluding carboxylic acids is 1. The minimum absolute atomic E-state index is 0.0480. The van der Waals surface area contributed by atoms with Gasteiger partial charge in [0.15, 0.2) is 5.78 Å². The summed E-state index contributed by atoms with van der Waals surface area (Å²) < 4.78 is 53.1. The van der Waals surface area contributed by atoms with E-state index in [2.05, 4.69) is 4.74 Å². The van der Waals surface area contributed by atoms with E-state index in [1.165, 1.54) is 36.4 Å². The molecule has 2 nitrogen and oxygen atoms in total. The summed E-state index contributed by atoms with van der Waals surface area (Å²) >= 11 is 0. The summed E-state index contributed by atoms with van der Waals surface area (Å²) in [4.78, 5) is 11.9. The Hall–Kier alpha value is -2.37. The average molecular weight is 298 g/mol. The molecule has 21 heavy (non-hydrogen) atoms. The lowest BCUT2D eigenvalue weighted by Crippen LogP contribution is -2.17. The van der Waals surface area contributed by atoms with Gasteiger partial charge in [-0.1, -0.05) is 24.3 Å². The zero-order valence-corrected chi connectivity index (χ0v) is 10.7. The van der Waals surface area contributed by atoms with Crippen molar-refractivity contribution in [3.8, 4) is 5.75 Å². The van der Waals surface area contributed by atoms with Crippen molar-refractivity contribution in [2.45, 2.75) is 12.8 Å². The van der Waals surface area contributed by atoms with Gasteiger partial charge in [0, 0.05) is 6.42 Å². The Balaban J connectivity index is 2.07. The third-order valence-electron chi connectivity index (χ3n) is 2.70. The van der Waals surface area contributed by atoms with E-state index >= 15 is 0 Å². The van der Waals surface area contributed by atoms with Crippen LogP contribution in [-0.4, -0.2) is 12.1 Å². The van der Waals surface area contributed by atoms with E-state index in [1.807, 2.05) is 0 Å². The predicted octanol–water partition coefficient (Wildman–Crippen LogP) is 4.15. The maximum Gasteiger partial charge on any atom is 0.573 e. The summed E-state index contributed by atoms with van der Waals surface area (Å²) in [5.74, 6) is -1.44. The number of hydrogen-bond acceptors (Lipinski definition) is 2. The molecule has 0 atom stereocenters. The van der Waals surface area contributed by atoms with Crippen LogP contribution in [0.2, 0.25) is 0 Å². The van der Waals surface area contributed by atoms with E-state index < -0.39 is 18.0 Å². The fraction of sp³-hybridized carbons (Fsp3) is 0.133. The zero-order chi connectivity index (χ0) is 15.5. The van der Waals surface area contributed by atoms with Crippen LogP contribution in [0.1, 0.15) is 15.9 Å². The van der Waals surface area contributed by atoms with Gasteiger partial charge in [0.1, 0.15) is 11.6 Å². The van der Waals surface area contributed by atoms with Gasteiger partial charge >= 0.3 is 6.36 Å². The Morgan fingerprint density at radius 3 is 2.19 bits per heavy atom. The van der Waals surface area contributed by atoms with E-state index in [-0.39, 0.29) is 17.7 Å². The fourth-order valence-corrected chi connectivity index (χ4v) is 1.78. The van der Waals surface area contributed by atoms with Gasteiger partial charge in [-0.05, 0) is 29.8 Å². The van der Waals surface area contributed by atoms with Gasteiger partial charge in [0.2, 0.25) is 0 Å².